The molecule has 2 aliphatic heterocycles. The Hall–Kier alpha value is -1.07. The van der Waals surface area contributed by atoms with Crippen molar-refractivity contribution < 1.29 is 0 Å². The summed E-state index contributed by atoms with van der Waals surface area (Å²) in [7, 11) is 3.81. The van der Waals surface area contributed by atoms with Crippen molar-refractivity contribution in [1.82, 2.24) is 14.7 Å². The summed E-state index contributed by atoms with van der Waals surface area (Å²) in [5.74, 6) is 0.669. The van der Waals surface area contributed by atoms with E-state index in [9.17, 15) is 4.79 Å². The zero-order valence-corrected chi connectivity index (χ0v) is 12.8. The largest absolute Gasteiger partial charge is 0.366 e. The number of piperidine rings is 2. The van der Waals surface area contributed by atoms with Gasteiger partial charge in [0.15, 0.2) is 0 Å². The Morgan fingerprint density at radius 2 is 2.10 bits per heavy atom. The van der Waals surface area contributed by atoms with E-state index in [-0.39, 0.29) is 5.56 Å². The first kappa shape index (κ1) is 13.9. The summed E-state index contributed by atoms with van der Waals surface area (Å²) in [5.41, 5.74) is 0.605. The predicted octanol–water partition coefficient (Wildman–Crippen LogP) is 1.35. The van der Waals surface area contributed by atoms with Gasteiger partial charge in [-0.05, 0) is 38.8 Å². The fourth-order valence-corrected chi connectivity index (χ4v) is 3.87. The molecule has 3 rings (SSSR count). The van der Waals surface area contributed by atoms with E-state index in [1.165, 1.54) is 11.1 Å². The minimum atomic E-state index is -0.209. The zero-order valence-electron chi connectivity index (χ0n) is 12.0. The van der Waals surface area contributed by atoms with Crippen LogP contribution in [0.3, 0.4) is 0 Å². The molecule has 5 nitrogen and oxygen atoms in total. The molecule has 0 unspecified atom stereocenters. The number of likely N-dealkylation sites (tertiary alicyclic amines) is 1. The molecule has 0 bridgehead atoms. The van der Waals surface area contributed by atoms with Crippen LogP contribution in [0.2, 0.25) is 5.02 Å². The molecule has 2 saturated heterocycles. The molecule has 0 aliphatic carbocycles. The van der Waals surface area contributed by atoms with Crippen LogP contribution in [0.1, 0.15) is 19.3 Å². The van der Waals surface area contributed by atoms with Crippen molar-refractivity contribution >= 4 is 17.3 Å². The molecule has 2 fully saturated rings. The number of hydrogen-bond acceptors (Lipinski definition) is 4. The van der Waals surface area contributed by atoms with Gasteiger partial charge in [-0.1, -0.05) is 11.6 Å². The van der Waals surface area contributed by atoms with Gasteiger partial charge in [-0.15, -0.1) is 0 Å². The standard InChI is InChI=1S/C14H21ClN4O/c1-17-7-5-11-10(9-17)4-3-6-19(11)12-8-16-18(2)14(20)13(12)15/h8,10-11H,3-7,9H2,1-2H3/t10-,11-/m0/s1. The van der Waals surface area contributed by atoms with Crippen LogP contribution >= 0.6 is 11.6 Å². The second-order valence-electron chi connectivity index (χ2n) is 5.99. The molecule has 0 amide bonds. The summed E-state index contributed by atoms with van der Waals surface area (Å²) >= 11 is 6.27. The molecule has 2 atom stereocenters. The Balaban J connectivity index is 1.93. The zero-order chi connectivity index (χ0) is 14.3. The maximum atomic E-state index is 12.0. The predicted molar refractivity (Wildman–Crippen MR) is 80.5 cm³/mol. The highest BCUT2D eigenvalue weighted by atomic mass is 35.5. The van der Waals surface area contributed by atoms with E-state index in [2.05, 4.69) is 21.9 Å². The van der Waals surface area contributed by atoms with Crippen LogP contribution in [-0.2, 0) is 7.05 Å². The Bertz CT molecular complexity index is 559. The van der Waals surface area contributed by atoms with E-state index in [0.29, 0.717) is 17.0 Å². The Kier molecular flexibility index (Phi) is 3.73. The summed E-state index contributed by atoms with van der Waals surface area (Å²) < 4.78 is 1.29. The van der Waals surface area contributed by atoms with E-state index >= 15 is 0 Å². The third-order valence-electron chi connectivity index (χ3n) is 4.64. The van der Waals surface area contributed by atoms with Gasteiger partial charge in [-0.25, -0.2) is 4.68 Å². The van der Waals surface area contributed by atoms with Gasteiger partial charge < -0.3 is 9.80 Å². The van der Waals surface area contributed by atoms with Gasteiger partial charge in [0.1, 0.15) is 5.02 Å². The highest BCUT2D eigenvalue weighted by molar-refractivity contribution is 6.33. The van der Waals surface area contributed by atoms with E-state index < -0.39 is 0 Å². The van der Waals surface area contributed by atoms with E-state index in [1.54, 1.807) is 13.2 Å². The van der Waals surface area contributed by atoms with Crippen molar-refractivity contribution in [3.63, 3.8) is 0 Å². The Morgan fingerprint density at radius 3 is 2.90 bits per heavy atom. The molecule has 0 radical (unpaired) electrons. The number of hydrogen-bond donors (Lipinski definition) is 0. The summed E-state index contributed by atoms with van der Waals surface area (Å²) in [6, 6.07) is 0.492. The molecule has 1 aromatic rings. The van der Waals surface area contributed by atoms with E-state index in [1.807, 2.05) is 0 Å². The quantitative estimate of drug-likeness (QED) is 0.784. The SMILES string of the molecule is CN1CC[C@H]2[C@@H](CCCN2c2cnn(C)c(=O)c2Cl)C1. The summed E-state index contributed by atoms with van der Waals surface area (Å²) in [4.78, 5) is 16.7. The van der Waals surface area contributed by atoms with Gasteiger partial charge in [0.25, 0.3) is 5.56 Å². The lowest BCUT2D eigenvalue weighted by Crippen LogP contribution is -2.53. The number of nitrogens with zero attached hydrogens (tertiary/aromatic N) is 4. The van der Waals surface area contributed by atoms with Crippen LogP contribution in [0.15, 0.2) is 11.0 Å². The fraction of sp³-hybridized carbons (Fsp3) is 0.714. The molecule has 20 heavy (non-hydrogen) atoms. The van der Waals surface area contributed by atoms with E-state index in [4.69, 9.17) is 11.6 Å². The van der Waals surface area contributed by atoms with E-state index in [0.717, 1.165) is 38.2 Å². The molecular weight excluding hydrogens is 276 g/mol. The van der Waals surface area contributed by atoms with Crippen molar-refractivity contribution in [2.75, 3.05) is 31.6 Å². The van der Waals surface area contributed by atoms with Crippen LogP contribution < -0.4 is 10.5 Å². The molecule has 0 N–H and O–H groups in total. The topological polar surface area (TPSA) is 41.4 Å². The second kappa shape index (κ2) is 5.37. The van der Waals surface area contributed by atoms with Gasteiger partial charge >= 0.3 is 0 Å². The average Bonchev–Trinajstić information content (AvgIpc) is 2.44. The van der Waals surface area contributed by atoms with Crippen molar-refractivity contribution in [2.45, 2.75) is 25.3 Å². The van der Waals surface area contributed by atoms with Crippen molar-refractivity contribution in [1.29, 1.82) is 0 Å². The molecule has 3 heterocycles. The lowest BCUT2D eigenvalue weighted by Gasteiger charge is -2.47. The first-order valence-electron chi connectivity index (χ1n) is 7.25. The highest BCUT2D eigenvalue weighted by Gasteiger charge is 2.36. The molecule has 2 aliphatic rings. The van der Waals surface area contributed by atoms with Gasteiger partial charge in [-0.3, -0.25) is 4.79 Å². The first-order valence-corrected chi connectivity index (χ1v) is 7.62. The van der Waals surface area contributed by atoms with Gasteiger partial charge in [0, 0.05) is 26.2 Å². The number of anilines is 1. The summed E-state index contributed by atoms with van der Waals surface area (Å²) in [6.07, 6.45) is 5.29. The summed E-state index contributed by atoms with van der Waals surface area (Å²) in [6.45, 7) is 3.21. The summed E-state index contributed by atoms with van der Waals surface area (Å²) in [5, 5.41) is 4.44. The molecule has 6 heteroatoms. The molecule has 0 saturated carbocycles. The lowest BCUT2D eigenvalue weighted by atomic mass is 9.84. The number of aromatic nitrogens is 2. The van der Waals surface area contributed by atoms with Crippen molar-refractivity contribution in [3.8, 4) is 0 Å². The van der Waals surface area contributed by atoms with Crippen LogP contribution in [0.4, 0.5) is 5.69 Å². The highest BCUT2D eigenvalue weighted by Crippen LogP contribution is 2.35. The van der Waals surface area contributed by atoms with Crippen LogP contribution in [0, 0.1) is 5.92 Å². The fourth-order valence-electron chi connectivity index (χ4n) is 3.59. The molecule has 110 valence electrons. The molecule has 0 spiro atoms. The minimum absolute atomic E-state index is 0.209. The third-order valence-corrected chi connectivity index (χ3v) is 5.00. The first-order chi connectivity index (χ1) is 9.58. The number of rotatable bonds is 1. The maximum absolute atomic E-state index is 12.0. The normalized spacial score (nSPS) is 27.4. The Morgan fingerprint density at radius 1 is 1.30 bits per heavy atom. The van der Waals surface area contributed by atoms with Gasteiger partial charge in [0.05, 0.1) is 11.9 Å². The maximum Gasteiger partial charge on any atom is 0.287 e. The Labute approximate surface area is 124 Å². The molecule has 0 aromatic carbocycles. The molecule has 1 aromatic heterocycles. The minimum Gasteiger partial charge on any atom is -0.366 e. The monoisotopic (exact) mass is 296 g/mol. The van der Waals surface area contributed by atoms with Crippen LogP contribution in [0.5, 0.6) is 0 Å². The second-order valence-corrected chi connectivity index (χ2v) is 6.36. The smallest absolute Gasteiger partial charge is 0.287 e. The number of aryl methyl sites for hydroxylation is 1. The van der Waals surface area contributed by atoms with Crippen molar-refractivity contribution in [2.24, 2.45) is 13.0 Å². The van der Waals surface area contributed by atoms with Crippen molar-refractivity contribution in [3.05, 3.63) is 21.6 Å². The number of halogens is 1. The van der Waals surface area contributed by atoms with Crippen LogP contribution in [0.25, 0.3) is 0 Å². The van der Waals surface area contributed by atoms with Gasteiger partial charge in [0.2, 0.25) is 0 Å². The number of fused-ring (bicyclic) bond motifs is 1. The average molecular weight is 297 g/mol. The lowest BCUT2D eigenvalue weighted by molar-refractivity contribution is 0.154. The van der Waals surface area contributed by atoms with Gasteiger partial charge in [-0.2, -0.15) is 5.10 Å². The third kappa shape index (κ3) is 2.33. The van der Waals surface area contributed by atoms with Crippen LogP contribution in [-0.4, -0.2) is 47.4 Å². The molecular formula is C14H21ClN4O.